The number of fused-ring (bicyclic) bond motifs is 1. The Morgan fingerprint density at radius 1 is 1.29 bits per heavy atom. The van der Waals surface area contributed by atoms with E-state index in [2.05, 4.69) is 53.5 Å². The smallest absolute Gasteiger partial charge is 0.236 e. The number of benzene rings is 2. The van der Waals surface area contributed by atoms with Crippen molar-refractivity contribution in [3.63, 3.8) is 0 Å². The Morgan fingerprint density at radius 3 is 2.86 bits per heavy atom. The number of piperazine rings is 1. The van der Waals surface area contributed by atoms with Crippen LogP contribution in [0.2, 0.25) is 0 Å². The quantitative estimate of drug-likeness (QED) is 0.900. The van der Waals surface area contributed by atoms with Gasteiger partial charge in [-0.05, 0) is 23.3 Å². The van der Waals surface area contributed by atoms with E-state index in [1.54, 1.807) is 0 Å². The normalized spacial score (nSPS) is 21.3. The molecule has 1 heterocycles. The lowest BCUT2D eigenvalue weighted by molar-refractivity contribution is -0.124. The summed E-state index contributed by atoms with van der Waals surface area (Å²) in [6.07, 6.45) is 0. The van der Waals surface area contributed by atoms with Gasteiger partial charge in [0.1, 0.15) is 6.04 Å². The van der Waals surface area contributed by atoms with E-state index < -0.39 is 0 Å². The summed E-state index contributed by atoms with van der Waals surface area (Å²) in [5.41, 5.74) is 6.82. The molecule has 0 aliphatic carbocycles. The van der Waals surface area contributed by atoms with Gasteiger partial charge in [-0.15, -0.1) is 0 Å². The second-order valence-corrected chi connectivity index (χ2v) is 5.60. The molecule has 1 aliphatic heterocycles. The maximum atomic E-state index is 11.7. The first-order valence-electron chi connectivity index (χ1n) is 7.42. The fraction of sp³-hybridized carbons (Fsp3) is 0.353. The molecule has 1 aliphatic rings. The minimum absolute atomic E-state index is 0.163. The lowest BCUT2D eigenvalue weighted by atomic mass is 9.97. The molecule has 21 heavy (non-hydrogen) atoms. The van der Waals surface area contributed by atoms with Gasteiger partial charge in [-0.1, -0.05) is 42.5 Å². The molecule has 0 aromatic heterocycles. The summed E-state index contributed by atoms with van der Waals surface area (Å²) in [6.45, 7) is 4.50. The van der Waals surface area contributed by atoms with E-state index in [0.717, 1.165) is 13.1 Å². The zero-order valence-electron chi connectivity index (χ0n) is 12.3. The number of carbonyl (C=O) groups is 1. The van der Waals surface area contributed by atoms with Crippen LogP contribution in [0.5, 0.6) is 0 Å². The standard InChI is InChI=1S/C17H21N3O/c1-12(20-10-9-19-11-16(20)17(18)21)14-8-4-6-13-5-2-3-7-15(13)14/h2-8,12,16,19H,9-11H2,1H3,(H2,18,21). The molecule has 0 radical (unpaired) electrons. The number of carbonyl (C=O) groups excluding carboxylic acids is 1. The van der Waals surface area contributed by atoms with Crippen LogP contribution in [0, 0.1) is 0 Å². The Hall–Kier alpha value is -1.91. The monoisotopic (exact) mass is 283 g/mol. The highest BCUT2D eigenvalue weighted by Gasteiger charge is 2.31. The van der Waals surface area contributed by atoms with Crippen LogP contribution in [0.25, 0.3) is 10.8 Å². The highest BCUT2D eigenvalue weighted by Crippen LogP contribution is 2.29. The van der Waals surface area contributed by atoms with Crippen molar-refractivity contribution >= 4 is 16.7 Å². The molecule has 110 valence electrons. The molecule has 4 nitrogen and oxygen atoms in total. The van der Waals surface area contributed by atoms with Crippen LogP contribution >= 0.6 is 0 Å². The summed E-state index contributed by atoms with van der Waals surface area (Å²) >= 11 is 0. The number of primary amides is 1. The molecule has 3 rings (SSSR count). The molecular weight excluding hydrogens is 262 g/mol. The molecule has 0 saturated carbocycles. The number of rotatable bonds is 3. The van der Waals surface area contributed by atoms with Crippen LogP contribution in [0.15, 0.2) is 42.5 Å². The van der Waals surface area contributed by atoms with E-state index >= 15 is 0 Å². The van der Waals surface area contributed by atoms with Gasteiger partial charge < -0.3 is 11.1 Å². The maximum absolute atomic E-state index is 11.7. The van der Waals surface area contributed by atoms with Crippen molar-refractivity contribution in [2.75, 3.05) is 19.6 Å². The number of amides is 1. The first-order chi connectivity index (χ1) is 10.2. The van der Waals surface area contributed by atoms with Crippen molar-refractivity contribution in [3.8, 4) is 0 Å². The predicted molar refractivity (Wildman–Crippen MR) is 84.9 cm³/mol. The average molecular weight is 283 g/mol. The Labute approximate surface area is 124 Å². The summed E-state index contributed by atoms with van der Waals surface area (Å²) in [7, 11) is 0. The fourth-order valence-corrected chi connectivity index (χ4v) is 3.24. The highest BCUT2D eigenvalue weighted by molar-refractivity contribution is 5.86. The fourth-order valence-electron chi connectivity index (χ4n) is 3.24. The van der Waals surface area contributed by atoms with Crippen LogP contribution < -0.4 is 11.1 Å². The Kier molecular flexibility index (Phi) is 3.90. The van der Waals surface area contributed by atoms with Crippen LogP contribution in [0.1, 0.15) is 18.5 Å². The van der Waals surface area contributed by atoms with E-state index in [0.29, 0.717) is 6.54 Å². The van der Waals surface area contributed by atoms with E-state index in [1.165, 1.54) is 16.3 Å². The number of hydrogen-bond acceptors (Lipinski definition) is 3. The molecule has 2 unspecified atom stereocenters. The summed E-state index contributed by atoms with van der Waals surface area (Å²) < 4.78 is 0. The molecule has 2 aromatic rings. The number of nitrogens with two attached hydrogens (primary N) is 1. The minimum Gasteiger partial charge on any atom is -0.368 e. The van der Waals surface area contributed by atoms with Crippen molar-refractivity contribution < 1.29 is 4.79 Å². The summed E-state index contributed by atoms with van der Waals surface area (Å²) in [6, 6.07) is 14.6. The van der Waals surface area contributed by atoms with E-state index in [-0.39, 0.29) is 18.0 Å². The van der Waals surface area contributed by atoms with Crippen molar-refractivity contribution in [3.05, 3.63) is 48.0 Å². The van der Waals surface area contributed by atoms with Gasteiger partial charge >= 0.3 is 0 Å². The second kappa shape index (κ2) is 5.84. The van der Waals surface area contributed by atoms with Crippen molar-refractivity contribution in [1.29, 1.82) is 0 Å². The highest BCUT2D eigenvalue weighted by atomic mass is 16.1. The van der Waals surface area contributed by atoms with E-state index in [1.807, 2.05) is 6.07 Å². The van der Waals surface area contributed by atoms with Gasteiger partial charge in [-0.2, -0.15) is 0 Å². The van der Waals surface area contributed by atoms with Crippen LogP contribution in [0.4, 0.5) is 0 Å². The van der Waals surface area contributed by atoms with Gasteiger partial charge in [0.15, 0.2) is 0 Å². The minimum atomic E-state index is -0.255. The van der Waals surface area contributed by atoms with Crippen LogP contribution in [-0.4, -0.2) is 36.5 Å². The lowest BCUT2D eigenvalue weighted by Crippen LogP contribution is -2.57. The molecule has 2 atom stereocenters. The molecule has 4 heteroatoms. The third-order valence-corrected chi connectivity index (χ3v) is 4.38. The topological polar surface area (TPSA) is 58.4 Å². The average Bonchev–Trinajstić information content (AvgIpc) is 2.53. The SMILES string of the molecule is CC(c1cccc2ccccc12)N1CCNCC1C(N)=O. The van der Waals surface area contributed by atoms with Gasteiger partial charge in [-0.3, -0.25) is 9.69 Å². The van der Waals surface area contributed by atoms with Crippen molar-refractivity contribution in [1.82, 2.24) is 10.2 Å². The van der Waals surface area contributed by atoms with Gasteiger partial charge in [0.25, 0.3) is 0 Å². The Morgan fingerprint density at radius 2 is 2.05 bits per heavy atom. The van der Waals surface area contributed by atoms with E-state index in [9.17, 15) is 4.79 Å². The molecule has 1 fully saturated rings. The third kappa shape index (κ3) is 2.64. The number of nitrogens with zero attached hydrogens (tertiary/aromatic N) is 1. The maximum Gasteiger partial charge on any atom is 0.236 e. The summed E-state index contributed by atoms with van der Waals surface area (Å²) in [4.78, 5) is 13.9. The molecule has 1 saturated heterocycles. The Balaban J connectivity index is 1.99. The van der Waals surface area contributed by atoms with Crippen LogP contribution in [-0.2, 0) is 4.79 Å². The third-order valence-electron chi connectivity index (χ3n) is 4.38. The molecule has 3 N–H and O–H groups in total. The number of hydrogen-bond donors (Lipinski definition) is 2. The van der Waals surface area contributed by atoms with Gasteiger partial charge in [0.2, 0.25) is 5.91 Å². The second-order valence-electron chi connectivity index (χ2n) is 5.60. The lowest BCUT2D eigenvalue weighted by Gasteiger charge is -2.39. The van der Waals surface area contributed by atoms with Crippen molar-refractivity contribution in [2.24, 2.45) is 5.73 Å². The first-order valence-corrected chi connectivity index (χ1v) is 7.42. The Bertz CT molecular complexity index is 650. The first kappa shape index (κ1) is 14.0. The predicted octanol–water partition coefficient (Wildman–Crippen LogP) is 1.66. The van der Waals surface area contributed by atoms with Crippen LogP contribution in [0.3, 0.4) is 0 Å². The van der Waals surface area contributed by atoms with Gasteiger partial charge in [0.05, 0.1) is 0 Å². The zero-order chi connectivity index (χ0) is 14.8. The molecule has 0 spiro atoms. The number of nitrogens with one attached hydrogen (secondary N) is 1. The van der Waals surface area contributed by atoms with E-state index in [4.69, 9.17) is 5.73 Å². The molecule has 0 bridgehead atoms. The molecular formula is C17H21N3O. The van der Waals surface area contributed by atoms with Gasteiger partial charge in [-0.25, -0.2) is 0 Å². The molecule has 1 amide bonds. The largest absolute Gasteiger partial charge is 0.368 e. The van der Waals surface area contributed by atoms with Gasteiger partial charge in [0, 0.05) is 25.7 Å². The summed E-state index contributed by atoms with van der Waals surface area (Å²) in [5.74, 6) is -0.255. The molecule has 2 aromatic carbocycles. The zero-order valence-corrected chi connectivity index (χ0v) is 12.3. The summed E-state index contributed by atoms with van der Waals surface area (Å²) in [5, 5.41) is 5.72. The van der Waals surface area contributed by atoms with Crippen molar-refractivity contribution in [2.45, 2.75) is 19.0 Å².